The zero-order chi connectivity index (χ0) is 21.1. The van der Waals surface area contributed by atoms with Crippen molar-refractivity contribution in [1.29, 1.82) is 0 Å². The lowest BCUT2D eigenvalue weighted by Gasteiger charge is -2.23. The minimum atomic E-state index is -5.55. The normalized spacial score (nSPS) is 24.7. The van der Waals surface area contributed by atoms with Gasteiger partial charge in [0.2, 0.25) is 5.79 Å². The molecule has 5 rings (SSSR count). The highest BCUT2D eigenvalue weighted by atomic mass is 32.2. The summed E-state index contributed by atoms with van der Waals surface area (Å²) >= 11 is 0. The molecule has 0 radical (unpaired) electrons. The molecular weight excluding hydrogens is 407 g/mol. The Balaban J connectivity index is 1.85. The molecule has 1 aromatic carbocycles. The number of ether oxygens (including phenoxy) is 2. The van der Waals surface area contributed by atoms with Crippen LogP contribution < -0.4 is 0 Å². The van der Waals surface area contributed by atoms with Crippen LogP contribution in [-0.2, 0) is 25.9 Å². The number of aryl methyl sites for hydroxylation is 1. The maximum absolute atomic E-state index is 13.4. The molecule has 9 heteroatoms. The molecule has 3 aliphatic rings. The molecule has 2 aliphatic carbocycles. The minimum Gasteiger partial charge on any atom is -0.453 e. The molecule has 0 N–H and O–H groups in total. The van der Waals surface area contributed by atoms with E-state index in [0.717, 1.165) is 28.6 Å². The highest BCUT2D eigenvalue weighted by Gasteiger charge is 2.55. The number of fused-ring (bicyclic) bond motifs is 9. The van der Waals surface area contributed by atoms with Crippen LogP contribution in [0.25, 0.3) is 10.9 Å². The molecule has 2 aromatic rings. The van der Waals surface area contributed by atoms with E-state index >= 15 is 0 Å². The highest BCUT2D eigenvalue weighted by Crippen LogP contribution is 2.63. The number of allylic oxidation sites excluding steroid dienone is 2. The van der Waals surface area contributed by atoms with Crippen molar-refractivity contribution in [3.05, 3.63) is 46.0 Å². The van der Waals surface area contributed by atoms with Gasteiger partial charge in [-0.3, -0.25) is 0 Å². The standard InChI is InChI=1S/C20H20F3NO4S/c1-5-10-9(2)14-12-8-13(18-17(12)27-19(3,4)28-18)15(14)16-11(10)6-7-24(16)29(25,26)20(21,22)23/h6-7,12-13H,5,8H2,1-4H3/t12-,13+/m0/s1. The van der Waals surface area contributed by atoms with Gasteiger partial charge in [-0.05, 0) is 48.1 Å². The lowest BCUT2D eigenvalue weighted by molar-refractivity contribution is -0.130. The number of hydrogen-bond acceptors (Lipinski definition) is 4. The molecule has 0 spiro atoms. The van der Waals surface area contributed by atoms with Gasteiger partial charge in [0.1, 0.15) is 11.5 Å². The summed E-state index contributed by atoms with van der Waals surface area (Å²) in [5, 5.41) is 0.546. The predicted octanol–water partition coefficient (Wildman–Crippen LogP) is 4.79. The molecule has 5 nitrogen and oxygen atoms in total. The SMILES string of the molecule is CCc1c(C)c2c(c3c1ccn3S(=O)(=O)C(F)(F)F)[C@H]1C[C@@H]2C2=C1OC(C)(C)O2. The van der Waals surface area contributed by atoms with Gasteiger partial charge in [0.05, 0.1) is 5.52 Å². The summed E-state index contributed by atoms with van der Waals surface area (Å²) in [5.74, 6) is 0.0716. The Hall–Kier alpha value is -2.16. The summed E-state index contributed by atoms with van der Waals surface area (Å²) in [6, 6.07) is 1.47. The quantitative estimate of drug-likeness (QED) is 0.692. The third kappa shape index (κ3) is 2.19. The summed E-state index contributed by atoms with van der Waals surface area (Å²) < 4.78 is 77.1. The lowest BCUT2D eigenvalue weighted by atomic mass is 9.85. The van der Waals surface area contributed by atoms with Crippen LogP contribution in [0.1, 0.15) is 61.3 Å². The molecule has 29 heavy (non-hydrogen) atoms. The van der Waals surface area contributed by atoms with Crippen molar-refractivity contribution < 1.29 is 31.1 Å². The van der Waals surface area contributed by atoms with Gasteiger partial charge in [-0.1, -0.05) is 6.92 Å². The molecule has 2 heterocycles. The maximum atomic E-state index is 13.4. The van der Waals surface area contributed by atoms with Gasteiger partial charge in [0.15, 0.2) is 0 Å². The first-order valence-electron chi connectivity index (χ1n) is 9.49. The van der Waals surface area contributed by atoms with Crippen LogP contribution in [0, 0.1) is 6.92 Å². The van der Waals surface area contributed by atoms with Gasteiger partial charge >= 0.3 is 15.5 Å². The number of alkyl halides is 3. The van der Waals surface area contributed by atoms with Crippen molar-refractivity contribution >= 4 is 20.9 Å². The van der Waals surface area contributed by atoms with Crippen LogP contribution in [0.3, 0.4) is 0 Å². The average Bonchev–Trinajstić information content (AvgIpc) is 3.31. The van der Waals surface area contributed by atoms with Crippen molar-refractivity contribution in [3.63, 3.8) is 0 Å². The van der Waals surface area contributed by atoms with Gasteiger partial charge in [0.25, 0.3) is 0 Å². The maximum Gasteiger partial charge on any atom is 0.517 e. The Bertz CT molecular complexity index is 1220. The van der Waals surface area contributed by atoms with Crippen LogP contribution >= 0.6 is 0 Å². The Morgan fingerprint density at radius 3 is 2.31 bits per heavy atom. The summed E-state index contributed by atoms with van der Waals surface area (Å²) in [6.45, 7) is 7.44. The van der Waals surface area contributed by atoms with Crippen molar-refractivity contribution in [2.24, 2.45) is 0 Å². The fourth-order valence-electron chi connectivity index (χ4n) is 5.27. The number of hydrogen-bond donors (Lipinski definition) is 0. The number of benzene rings is 1. The van der Waals surface area contributed by atoms with Gasteiger partial charge in [0, 0.05) is 37.3 Å². The van der Waals surface area contributed by atoms with Gasteiger partial charge in [-0.15, -0.1) is 0 Å². The van der Waals surface area contributed by atoms with Crippen LogP contribution in [0.15, 0.2) is 23.8 Å². The first kappa shape index (κ1) is 18.8. The Morgan fingerprint density at radius 2 is 1.76 bits per heavy atom. The smallest absolute Gasteiger partial charge is 0.453 e. The minimum absolute atomic E-state index is 0.118. The Kier molecular flexibility index (Phi) is 3.44. The largest absolute Gasteiger partial charge is 0.517 e. The van der Waals surface area contributed by atoms with Gasteiger partial charge in [-0.25, -0.2) is 3.97 Å². The summed E-state index contributed by atoms with van der Waals surface area (Å²) in [7, 11) is -5.55. The third-order valence-electron chi connectivity index (χ3n) is 6.24. The van der Waals surface area contributed by atoms with Gasteiger partial charge in [-0.2, -0.15) is 21.6 Å². The Labute approximate surface area is 166 Å². The molecule has 2 atom stereocenters. The van der Waals surface area contributed by atoms with Gasteiger partial charge < -0.3 is 9.47 Å². The second-order valence-electron chi connectivity index (χ2n) is 8.28. The fraction of sp³-hybridized carbons (Fsp3) is 0.500. The first-order valence-corrected chi connectivity index (χ1v) is 10.9. The molecule has 0 fully saturated rings. The van der Waals surface area contributed by atoms with E-state index in [-0.39, 0.29) is 17.4 Å². The third-order valence-corrected chi connectivity index (χ3v) is 7.65. The number of nitrogens with zero attached hydrogens (tertiary/aromatic N) is 1. The number of aromatic nitrogens is 1. The van der Waals surface area contributed by atoms with Crippen LogP contribution in [0.5, 0.6) is 0 Å². The van der Waals surface area contributed by atoms with Crippen molar-refractivity contribution in [3.8, 4) is 0 Å². The molecule has 0 unspecified atom stereocenters. The number of rotatable bonds is 2. The molecule has 156 valence electrons. The van der Waals surface area contributed by atoms with E-state index < -0.39 is 21.3 Å². The predicted molar refractivity (Wildman–Crippen MR) is 99.8 cm³/mol. The van der Waals surface area contributed by atoms with E-state index in [4.69, 9.17) is 9.47 Å². The van der Waals surface area contributed by atoms with Crippen molar-refractivity contribution in [2.75, 3.05) is 0 Å². The van der Waals surface area contributed by atoms with E-state index in [2.05, 4.69) is 0 Å². The molecule has 0 saturated carbocycles. The Morgan fingerprint density at radius 1 is 1.17 bits per heavy atom. The summed E-state index contributed by atoms with van der Waals surface area (Å²) in [5.41, 5.74) is -1.91. The lowest BCUT2D eigenvalue weighted by Crippen LogP contribution is -2.29. The number of halogens is 3. The van der Waals surface area contributed by atoms with Crippen molar-refractivity contribution in [1.82, 2.24) is 3.97 Å². The molecule has 1 aliphatic heterocycles. The average molecular weight is 427 g/mol. The topological polar surface area (TPSA) is 57.5 Å². The van der Waals surface area contributed by atoms with E-state index in [1.54, 1.807) is 13.8 Å². The van der Waals surface area contributed by atoms with Crippen LogP contribution in [0.2, 0.25) is 0 Å². The molecule has 2 bridgehead atoms. The monoisotopic (exact) mass is 427 g/mol. The zero-order valence-corrected chi connectivity index (χ0v) is 17.2. The second kappa shape index (κ2) is 5.30. The highest BCUT2D eigenvalue weighted by molar-refractivity contribution is 7.90. The summed E-state index contributed by atoms with van der Waals surface area (Å²) in [6.07, 6.45) is 2.22. The van der Waals surface area contributed by atoms with E-state index in [0.29, 0.717) is 33.5 Å². The zero-order valence-electron chi connectivity index (χ0n) is 16.3. The molecule has 1 aromatic heterocycles. The molecule has 0 saturated heterocycles. The van der Waals surface area contributed by atoms with Crippen molar-refractivity contribution in [2.45, 2.75) is 63.7 Å². The molecular formula is C20H20F3NO4S. The second-order valence-corrected chi connectivity index (χ2v) is 10.1. The molecule has 0 amide bonds. The fourth-order valence-corrected chi connectivity index (χ4v) is 6.15. The van der Waals surface area contributed by atoms with Crippen LogP contribution in [-0.4, -0.2) is 23.7 Å². The summed E-state index contributed by atoms with van der Waals surface area (Å²) in [4.78, 5) is 0. The van der Waals surface area contributed by atoms with E-state index in [9.17, 15) is 21.6 Å². The van der Waals surface area contributed by atoms with Crippen LogP contribution in [0.4, 0.5) is 13.2 Å². The van der Waals surface area contributed by atoms with E-state index in [1.165, 1.54) is 6.07 Å². The van der Waals surface area contributed by atoms with E-state index in [1.807, 2.05) is 13.8 Å². The first-order chi connectivity index (χ1) is 13.4.